The monoisotopic (exact) mass is 582 g/mol. The first kappa shape index (κ1) is 26.7. The standard InChI is InChI=1S/2C9H13.2BrH.Hf/c2*1-3-8(2)9-6-4-5-7-9;;;/h2*4,6,8H,3,5H2,1-2H3;2*1H;/q2*-1;;;. The van der Waals surface area contributed by atoms with Crippen molar-refractivity contribution in [1.29, 1.82) is 0 Å². The molecule has 2 rings (SSSR count). The minimum atomic E-state index is 0. The first-order chi connectivity index (χ1) is 8.69. The molecule has 0 spiro atoms. The van der Waals surface area contributed by atoms with Crippen molar-refractivity contribution < 1.29 is 25.8 Å². The van der Waals surface area contributed by atoms with Crippen LogP contribution in [0.2, 0.25) is 0 Å². The van der Waals surface area contributed by atoms with Crippen LogP contribution in [-0.2, 0) is 25.8 Å². The summed E-state index contributed by atoms with van der Waals surface area (Å²) in [7, 11) is 0. The van der Waals surface area contributed by atoms with E-state index in [2.05, 4.69) is 64.2 Å². The fourth-order valence-corrected chi connectivity index (χ4v) is 1.96. The van der Waals surface area contributed by atoms with E-state index >= 15 is 0 Å². The van der Waals surface area contributed by atoms with Gasteiger partial charge in [-0.15, -0.1) is 46.8 Å². The summed E-state index contributed by atoms with van der Waals surface area (Å²) in [6, 6.07) is 0. The molecule has 0 amide bonds. The second-order valence-corrected chi connectivity index (χ2v) is 5.10. The van der Waals surface area contributed by atoms with Crippen LogP contribution in [0.4, 0.5) is 0 Å². The molecule has 2 aliphatic rings. The number of hydrogen-bond acceptors (Lipinski definition) is 0. The smallest absolute Gasteiger partial charge is 0 e. The minimum absolute atomic E-state index is 0. The topological polar surface area (TPSA) is 0 Å². The Morgan fingerprint density at radius 3 is 1.38 bits per heavy atom. The first-order valence-electron chi connectivity index (χ1n) is 7.23. The molecule has 0 fully saturated rings. The molecule has 0 radical (unpaired) electrons. The fourth-order valence-electron chi connectivity index (χ4n) is 1.96. The van der Waals surface area contributed by atoms with Crippen LogP contribution in [0, 0.1) is 24.0 Å². The predicted octanol–water partition coefficient (Wildman–Crippen LogP) is 6.60. The Balaban J connectivity index is -0.000000270. The van der Waals surface area contributed by atoms with Gasteiger partial charge in [0.25, 0.3) is 0 Å². The van der Waals surface area contributed by atoms with E-state index < -0.39 is 0 Å². The summed E-state index contributed by atoms with van der Waals surface area (Å²) in [5, 5.41) is 0. The van der Waals surface area contributed by atoms with E-state index in [0.29, 0.717) is 11.8 Å². The van der Waals surface area contributed by atoms with E-state index in [0.717, 1.165) is 12.8 Å². The van der Waals surface area contributed by atoms with Crippen molar-refractivity contribution in [3.05, 3.63) is 47.6 Å². The minimum Gasteiger partial charge on any atom is -0.269 e. The Bertz CT molecular complexity index is 331. The SMILES string of the molecule is Br.Br.CCC(C)C1=[C-]CC=C1.CCC(C)C1=[C-]CC=C1.[Hf]. The van der Waals surface area contributed by atoms with Crippen LogP contribution >= 0.6 is 34.0 Å². The van der Waals surface area contributed by atoms with E-state index in [1.54, 1.807) is 0 Å². The van der Waals surface area contributed by atoms with Gasteiger partial charge in [-0.1, -0.05) is 52.4 Å². The zero-order valence-corrected chi connectivity index (χ0v) is 20.6. The summed E-state index contributed by atoms with van der Waals surface area (Å²) >= 11 is 0. The van der Waals surface area contributed by atoms with Gasteiger partial charge >= 0.3 is 0 Å². The Labute approximate surface area is 171 Å². The summed E-state index contributed by atoms with van der Waals surface area (Å²) < 4.78 is 0. The molecule has 0 saturated carbocycles. The van der Waals surface area contributed by atoms with E-state index in [9.17, 15) is 0 Å². The molecule has 0 aromatic rings. The van der Waals surface area contributed by atoms with Crippen LogP contribution in [0.1, 0.15) is 53.4 Å². The molecule has 0 aromatic heterocycles. The van der Waals surface area contributed by atoms with Gasteiger partial charge in [-0.2, -0.15) is 12.2 Å². The summed E-state index contributed by atoms with van der Waals surface area (Å²) in [6.45, 7) is 8.92. The Hall–Kier alpha value is 0.790. The van der Waals surface area contributed by atoms with Gasteiger partial charge in [-0.25, -0.2) is 23.3 Å². The van der Waals surface area contributed by atoms with Gasteiger partial charge in [-0.05, 0) is 0 Å². The molecular formula is C18H28Br2Hf-2. The van der Waals surface area contributed by atoms with Crippen molar-refractivity contribution in [3.63, 3.8) is 0 Å². The van der Waals surface area contributed by atoms with Gasteiger partial charge in [0.1, 0.15) is 0 Å². The predicted molar refractivity (Wildman–Crippen MR) is 101 cm³/mol. The third-order valence-corrected chi connectivity index (χ3v) is 3.73. The first-order valence-corrected chi connectivity index (χ1v) is 7.23. The average molecular weight is 583 g/mol. The van der Waals surface area contributed by atoms with Gasteiger partial charge in [0.2, 0.25) is 0 Å². The maximum absolute atomic E-state index is 3.31. The van der Waals surface area contributed by atoms with Crippen molar-refractivity contribution in [1.82, 2.24) is 0 Å². The quantitative estimate of drug-likeness (QED) is 0.259. The van der Waals surface area contributed by atoms with E-state index in [4.69, 9.17) is 0 Å². The van der Waals surface area contributed by atoms with Crippen LogP contribution in [0.5, 0.6) is 0 Å². The van der Waals surface area contributed by atoms with Crippen molar-refractivity contribution >= 4 is 34.0 Å². The molecule has 0 bridgehead atoms. The molecule has 0 saturated heterocycles. The van der Waals surface area contributed by atoms with Crippen molar-refractivity contribution in [2.45, 2.75) is 53.4 Å². The molecule has 120 valence electrons. The van der Waals surface area contributed by atoms with E-state index in [1.807, 2.05) is 0 Å². The van der Waals surface area contributed by atoms with Gasteiger partial charge in [0, 0.05) is 25.8 Å². The number of halogens is 2. The normalized spacial score (nSPS) is 17.1. The third-order valence-electron chi connectivity index (χ3n) is 3.73. The Morgan fingerprint density at radius 2 is 1.19 bits per heavy atom. The molecule has 0 nitrogen and oxygen atoms in total. The molecule has 3 heteroatoms. The molecule has 2 atom stereocenters. The molecular weight excluding hydrogens is 554 g/mol. The van der Waals surface area contributed by atoms with Crippen molar-refractivity contribution in [3.8, 4) is 0 Å². The maximum Gasteiger partial charge on any atom is 0 e. The summed E-state index contributed by atoms with van der Waals surface area (Å²) in [4.78, 5) is 0. The molecule has 2 unspecified atom stereocenters. The second kappa shape index (κ2) is 15.7. The fraction of sp³-hybridized carbons (Fsp3) is 0.556. The Kier molecular flexibility index (Phi) is 19.9. The molecule has 0 aliphatic heterocycles. The average Bonchev–Trinajstić information content (AvgIpc) is 3.09. The Morgan fingerprint density at radius 1 is 0.857 bits per heavy atom. The third kappa shape index (κ3) is 10.2. The number of allylic oxidation sites excluding steroid dienone is 8. The molecule has 21 heavy (non-hydrogen) atoms. The van der Waals surface area contributed by atoms with E-state index in [-0.39, 0.29) is 59.8 Å². The summed E-state index contributed by atoms with van der Waals surface area (Å²) in [6.07, 6.45) is 19.9. The number of hydrogen-bond donors (Lipinski definition) is 0. The number of rotatable bonds is 4. The van der Waals surface area contributed by atoms with Crippen LogP contribution in [0.25, 0.3) is 0 Å². The van der Waals surface area contributed by atoms with Crippen LogP contribution in [0.3, 0.4) is 0 Å². The maximum atomic E-state index is 3.31. The van der Waals surface area contributed by atoms with Gasteiger partial charge < -0.3 is 0 Å². The largest absolute Gasteiger partial charge is 0.269 e. The summed E-state index contributed by atoms with van der Waals surface area (Å²) in [5.41, 5.74) is 2.80. The summed E-state index contributed by atoms with van der Waals surface area (Å²) in [5.74, 6) is 1.42. The zero-order valence-electron chi connectivity index (χ0n) is 13.6. The molecule has 2 aliphatic carbocycles. The molecule has 0 aromatic carbocycles. The van der Waals surface area contributed by atoms with Crippen molar-refractivity contribution in [2.24, 2.45) is 11.8 Å². The zero-order chi connectivity index (χ0) is 13.4. The molecule has 0 N–H and O–H groups in total. The second-order valence-electron chi connectivity index (χ2n) is 5.10. The van der Waals surface area contributed by atoms with E-state index in [1.165, 1.54) is 24.0 Å². The van der Waals surface area contributed by atoms with Gasteiger partial charge in [0.05, 0.1) is 0 Å². The molecule has 0 heterocycles. The van der Waals surface area contributed by atoms with Crippen molar-refractivity contribution in [2.75, 3.05) is 0 Å². The van der Waals surface area contributed by atoms with Crippen LogP contribution in [0.15, 0.2) is 35.5 Å². The van der Waals surface area contributed by atoms with Gasteiger partial charge in [0.15, 0.2) is 0 Å². The van der Waals surface area contributed by atoms with Crippen LogP contribution < -0.4 is 0 Å². The van der Waals surface area contributed by atoms with Crippen LogP contribution in [-0.4, -0.2) is 0 Å². The van der Waals surface area contributed by atoms with Gasteiger partial charge in [-0.3, -0.25) is 12.2 Å².